The van der Waals surface area contributed by atoms with E-state index < -0.39 is 12.1 Å². The van der Waals surface area contributed by atoms with E-state index >= 15 is 0 Å². The van der Waals surface area contributed by atoms with Crippen molar-refractivity contribution in [2.24, 2.45) is 0 Å². The van der Waals surface area contributed by atoms with Crippen molar-refractivity contribution in [3.8, 4) is 17.5 Å². The van der Waals surface area contributed by atoms with E-state index in [0.717, 1.165) is 0 Å². The van der Waals surface area contributed by atoms with Gasteiger partial charge in [-0.25, -0.2) is 0 Å². The van der Waals surface area contributed by atoms with Crippen LogP contribution in [0.15, 0.2) is 28.8 Å². The van der Waals surface area contributed by atoms with Gasteiger partial charge in [-0.05, 0) is 19.1 Å². The van der Waals surface area contributed by atoms with Gasteiger partial charge < -0.3 is 9.42 Å². The van der Waals surface area contributed by atoms with Crippen molar-refractivity contribution in [2.75, 3.05) is 13.1 Å². The van der Waals surface area contributed by atoms with Crippen LogP contribution in [0.5, 0.6) is 0 Å². The Kier molecular flexibility index (Phi) is 4.64. The maximum atomic E-state index is 12.4. The summed E-state index contributed by atoms with van der Waals surface area (Å²) in [6.45, 7) is 2.06. The molecule has 6 nitrogen and oxygen atoms in total. The lowest BCUT2D eigenvalue weighted by Gasteiger charge is -2.17. The molecule has 1 aromatic carbocycles. The van der Waals surface area contributed by atoms with Gasteiger partial charge in [-0.3, -0.25) is 4.79 Å². The first-order valence-corrected chi connectivity index (χ1v) is 6.54. The first-order chi connectivity index (χ1) is 10.9. The highest BCUT2D eigenvalue weighted by Gasteiger charge is 2.38. The van der Waals surface area contributed by atoms with Crippen LogP contribution in [0.25, 0.3) is 11.4 Å². The molecule has 23 heavy (non-hydrogen) atoms. The summed E-state index contributed by atoms with van der Waals surface area (Å²) in [6.07, 6.45) is -4.71. The summed E-state index contributed by atoms with van der Waals surface area (Å²) in [6, 6.07) is 7.58. The number of hydrogen-bond donors (Lipinski definition) is 0. The normalized spacial score (nSPS) is 11.1. The molecule has 1 heterocycles. The average Bonchev–Trinajstić information content (AvgIpc) is 3.02. The van der Waals surface area contributed by atoms with Gasteiger partial charge in [0.15, 0.2) is 0 Å². The largest absolute Gasteiger partial charge is 0.471 e. The molecule has 120 valence electrons. The van der Waals surface area contributed by atoms with Crippen LogP contribution < -0.4 is 0 Å². The maximum absolute atomic E-state index is 12.4. The number of carbonyl (C=O) groups excluding carboxylic acids is 1. The Balaban J connectivity index is 2.21. The number of alkyl halides is 3. The highest BCUT2D eigenvalue weighted by atomic mass is 19.4. The Morgan fingerprint density at radius 3 is 2.48 bits per heavy atom. The highest BCUT2D eigenvalue weighted by molar-refractivity contribution is 5.94. The van der Waals surface area contributed by atoms with E-state index in [1.54, 1.807) is 6.92 Å². The van der Waals surface area contributed by atoms with Crippen molar-refractivity contribution in [3.05, 3.63) is 35.7 Å². The molecule has 0 bridgehead atoms. The molecule has 0 saturated heterocycles. The first kappa shape index (κ1) is 16.5. The van der Waals surface area contributed by atoms with Gasteiger partial charge in [0.1, 0.15) is 6.54 Å². The zero-order valence-electron chi connectivity index (χ0n) is 12.0. The number of benzene rings is 1. The summed E-state index contributed by atoms with van der Waals surface area (Å²) in [4.78, 5) is 16.7. The van der Waals surface area contributed by atoms with E-state index in [9.17, 15) is 18.0 Å². The number of hydrogen-bond acceptors (Lipinski definition) is 5. The van der Waals surface area contributed by atoms with Crippen LogP contribution >= 0.6 is 0 Å². The number of nitrogens with zero attached hydrogens (tertiary/aromatic N) is 4. The van der Waals surface area contributed by atoms with Crippen LogP contribution in [0.1, 0.15) is 23.2 Å². The summed E-state index contributed by atoms with van der Waals surface area (Å²) >= 11 is 0. The van der Waals surface area contributed by atoms with Crippen molar-refractivity contribution in [3.63, 3.8) is 0 Å². The molecule has 0 aliphatic heterocycles. The maximum Gasteiger partial charge on any atom is 0.471 e. The smallest absolute Gasteiger partial charge is 0.329 e. The Hall–Kier alpha value is -2.89. The fraction of sp³-hybridized carbons (Fsp3) is 0.286. The van der Waals surface area contributed by atoms with Crippen LogP contribution in [-0.2, 0) is 6.18 Å². The van der Waals surface area contributed by atoms with Crippen LogP contribution in [0.3, 0.4) is 0 Å². The molecule has 1 amide bonds. The zero-order chi connectivity index (χ0) is 17.0. The third kappa shape index (κ3) is 3.66. The molecule has 0 aliphatic carbocycles. The van der Waals surface area contributed by atoms with Crippen molar-refractivity contribution >= 4 is 5.91 Å². The molecule has 0 N–H and O–H groups in total. The molecule has 0 atom stereocenters. The van der Waals surface area contributed by atoms with Gasteiger partial charge >= 0.3 is 12.1 Å². The predicted octanol–water partition coefficient (Wildman–Crippen LogP) is 2.74. The average molecular weight is 324 g/mol. The number of carbonyl (C=O) groups is 1. The molecular formula is C14H11F3N4O2. The molecule has 0 spiro atoms. The Morgan fingerprint density at radius 2 is 2.00 bits per heavy atom. The van der Waals surface area contributed by atoms with Gasteiger partial charge in [-0.2, -0.15) is 23.4 Å². The molecule has 0 radical (unpaired) electrons. The van der Waals surface area contributed by atoms with Gasteiger partial charge in [0.2, 0.25) is 5.82 Å². The third-order valence-electron chi connectivity index (χ3n) is 2.99. The van der Waals surface area contributed by atoms with E-state index in [2.05, 4.69) is 14.7 Å². The molecular weight excluding hydrogens is 313 g/mol. The molecule has 0 saturated carbocycles. The topological polar surface area (TPSA) is 83.0 Å². The first-order valence-electron chi connectivity index (χ1n) is 6.54. The van der Waals surface area contributed by atoms with Gasteiger partial charge in [0.25, 0.3) is 5.91 Å². The Labute approximate surface area is 129 Å². The second kappa shape index (κ2) is 6.48. The van der Waals surface area contributed by atoms with Crippen LogP contribution in [-0.4, -0.2) is 34.0 Å². The third-order valence-corrected chi connectivity index (χ3v) is 2.99. The minimum Gasteiger partial charge on any atom is -0.329 e. The molecule has 1 aromatic heterocycles. The summed E-state index contributed by atoms with van der Waals surface area (Å²) in [5.41, 5.74) is 0.592. The van der Waals surface area contributed by atoms with Crippen molar-refractivity contribution in [2.45, 2.75) is 13.1 Å². The second-order valence-corrected chi connectivity index (χ2v) is 4.48. The predicted molar refractivity (Wildman–Crippen MR) is 71.9 cm³/mol. The summed E-state index contributed by atoms with van der Waals surface area (Å²) in [7, 11) is 0. The minimum absolute atomic E-state index is 0.0448. The molecule has 2 aromatic rings. The zero-order valence-corrected chi connectivity index (χ0v) is 12.0. The van der Waals surface area contributed by atoms with Gasteiger partial charge in [0.05, 0.1) is 6.07 Å². The van der Waals surface area contributed by atoms with E-state index in [0.29, 0.717) is 12.1 Å². The summed E-state index contributed by atoms with van der Waals surface area (Å²) in [5, 5.41) is 11.9. The van der Waals surface area contributed by atoms with Gasteiger partial charge in [-0.1, -0.05) is 17.3 Å². The number of amides is 1. The van der Waals surface area contributed by atoms with Crippen molar-refractivity contribution in [1.29, 1.82) is 5.26 Å². The number of rotatable bonds is 4. The Morgan fingerprint density at radius 1 is 1.35 bits per heavy atom. The summed E-state index contributed by atoms with van der Waals surface area (Å²) in [5.74, 6) is -2.00. The molecule has 0 aliphatic rings. The fourth-order valence-corrected chi connectivity index (χ4v) is 1.81. The number of nitriles is 1. The highest BCUT2D eigenvalue weighted by Crippen LogP contribution is 2.29. The van der Waals surface area contributed by atoms with Gasteiger partial charge in [0, 0.05) is 17.7 Å². The van der Waals surface area contributed by atoms with E-state index in [-0.39, 0.29) is 23.8 Å². The van der Waals surface area contributed by atoms with Crippen molar-refractivity contribution < 1.29 is 22.5 Å². The lowest BCUT2D eigenvalue weighted by atomic mass is 10.1. The lowest BCUT2D eigenvalue weighted by Crippen LogP contribution is -2.31. The molecule has 2 rings (SSSR count). The Bertz CT molecular complexity index is 732. The quantitative estimate of drug-likeness (QED) is 0.808. The van der Waals surface area contributed by atoms with Crippen molar-refractivity contribution in [1.82, 2.24) is 15.0 Å². The minimum atomic E-state index is -4.71. The molecule has 0 unspecified atom stereocenters. The number of halogens is 3. The van der Waals surface area contributed by atoms with Crippen LogP contribution in [0, 0.1) is 11.3 Å². The van der Waals surface area contributed by atoms with Gasteiger partial charge in [-0.15, -0.1) is 0 Å². The lowest BCUT2D eigenvalue weighted by molar-refractivity contribution is -0.159. The van der Waals surface area contributed by atoms with E-state index in [1.165, 1.54) is 29.2 Å². The SMILES string of the molecule is CCN(CC#N)C(=O)c1ccc(-c2noc(C(F)(F)F)n2)cc1. The molecule has 9 heteroatoms. The van der Waals surface area contributed by atoms with Crippen LogP contribution in [0.2, 0.25) is 0 Å². The molecule has 0 fully saturated rings. The second-order valence-electron chi connectivity index (χ2n) is 4.48. The number of aromatic nitrogens is 2. The summed E-state index contributed by atoms with van der Waals surface area (Å²) < 4.78 is 41.4. The standard InChI is InChI=1S/C14H11F3N4O2/c1-2-21(8-7-18)12(22)10-5-3-9(4-6-10)11-19-13(23-20-11)14(15,16)17/h3-6H,2,8H2,1H3. The van der Waals surface area contributed by atoms with E-state index in [4.69, 9.17) is 5.26 Å². The monoisotopic (exact) mass is 324 g/mol. The van der Waals surface area contributed by atoms with E-state index in [1.807, 2.05) is 6.07 Å². The fourth-order valence-electron chi connectivity index (χ4n) is 1.81. The van der Waals surface area contributed by atoms with Crippen LogP contribution in [0.4, 0.5) is 13.2 Å².